The minimum absolute atomic E-state index is 0.0336. The molecule has 4 heteroatoms. The van der Waals surface area contributed by atoms with Crippen molar-refractivity contribution in [1.82, 2.24) is 0 Å². The fourth-order valence-corrected chi connectivity index (χ4v) is 6.84. The zero-order chi connectivity index (χ0) is 19.0. The Kier molecular flexibility index (Phi) is 5.37. The Hall–Kier alpha value is -1.29. The highest BCUT2D eigenvalue weighted by atomic mass is 32.2. The maximum Gasteiger partial charge on any atom is 0.305 e. The number of hydrogen-bond donors (Lipinski definition) is 0. The fraction of sp³-hybridized carbons (Fsp3) is 0.652. The van der Waals surface area contributed by atoms with E-state index < -0.39 is 0 Å². The molecule has 1 aromatic rings. The number of fused-ring (bicyclic) bond motifs is 5. The van der Waals surface area contributed by atoms with Crippen molar-refractivity contribution in [1.29, 1.82) is 0 Å². The van der Waals surface area contributed by atoms with E-state index in [9.17, 15) is 9.59 Å². The SMILES string of the molecule is COC(=O)CCCSc1ccc2c(c1)CC[C@@H]1[C@@H]2CC[C@]2(C)C(=O)CC[C@@H]12. The molecule has 0 aromatic heterocycles. The molecule has 3 aliphatic rings. The number of thioether (sulfide) groups is 1. The van der Waals surface area contributed by atoms with Crippen LogP contribution in [0.15, 0.2) is 23.1 Å². The van der Waals surface area contributed by atoms with Gasteiger partial charge in [0, 0.05) is 23.2 Å². The second-order valence-electron chi connectivity index (χ2n) is 8.72. The number of esters is 1. The highest BCUT2D eigenvalue weighted by Crippen LogP contribution is 2.59. The molecule has 0 heterocycles. The van der Waals surface area contributed by atoms with Crippen molar-refractivity contribution in [2.75, 3.05) is 12.9 Å². The molecule has 0 aliphatic heterocycles. The van der Waals surface area contributed by atoms with Gasteiger partial charge in [0.2, 0.25) is 0 Å². The number of Topliss-reactive ketones (excluding diaryl/α,β-unsaturated/α-hetero) is 1. The van der Waals surface area contributed by atoms with Crippen molar-refractivity contribution in [3.05, 3.63) is 29.3 Å². The average molecular weight is 387 g/mol. The Balaban J connectivity index is 1.43. The lowest BCUT2D eigenvalue weighted by molar-refractivity contribution is -0.140. The largest absolute Gasteiger partial charge is 0.469 e. The van der Waals surface area contributed by atoms with Crippen LogP contribution in [0.1, 0.15) is 68.9 Å². The van der Waals surface area contributed by atoms with Gasteiger partial charge in [-0.25, -0.2) is 0 Å². The summed E-state index contributed by atoms with van der Waals surface area (Å²) in [7, 11) is 1.45. The van der Waals surface area contributed by atoms with Gasteiger partial charge in [-0.1, -0.05) is 13.0 Å². The van der Waals surface area contributed by atoms with E-state index in [1.807, 2.05) is 11.8 Å². The number of aryl methyl sites for hydroxylation is 1. The molecule has 3 nitrogen and oxygen atoms in total. The fourth-order valence-electron chi connectivity index (χ4n) is 5.93. The molecule has 0 N–H and O–H groups in total. The third-order valence-electron chi connectivity index (χ3n) is 7.43. The Morgan fingerprint density at radius 1 is 1.26 bits per heavy atom. The van der Waals surface area contributed by atoms with Gasteiger partial charge < -0.3 is 4.74 Å². The summed E-state index contributed by atoms with van der Waals surface area (Å²) in [6.07, 6.45) is 7.89. The van der Waals surface area contributed by atoms with Crippen LogP contribution in [0.25, 0.3) is 0 Å². The minimum Gasteiger partial charge on any atom is -0.469 e. The summed E-state index contributed by atoms with van der Waals surface area (Å²) in [5, 5.41) is 0. The average Bonchev–Trinajstić information content (AvgIpc) is 2.99. The van der Waals surface area contributed by atoms with Crippen molar-refractivity contribution < 1.29 is 14.3 Å². The highest BCUT2D eigenvalue weighted by Gasteiger charge is 2.54. The summed E-state index contributed by atoms with van der Waals surface area (Å²) in [6.45, 7) is 2.24. The van der Waals surface area contributed by atoms with Crippen LogP contribution in [0.3, 0.4) is 0 Å². The highest BCUT2D eigenvalue weighted by molar-refractivity contribution is 7.99. The van der Waals surface area contributed by atoms with E-state index in [1.54, 1.807) is 5.56 Å². The van der Waals surface area contributed by atoms with E-state index in [0.717, 1.165) is 37.9 Å². The van der Waals surface area contributed by atoms with Crippen molar-refractivity contribution in [3.63, 3.8) is 0 Å². The van der Waals surface area contributed by atoms with Crippen molar-refractivity contribution in [2.45, 2.75) is 69.1 Å². The second kappa shape index (κ2) is 7.62. The lowest BCUT2D eigenvalue weighted by Gasteiger charge is -2.48. The molecule has 0 saturated heterocycles. The van der Waals surface area contributed by atoms with E-state index in [4.69, 9.17) is 4.74 Å². The van der Waals surface area contributed by atoms with Crippen molar-refractivity contribution in [2.24, 2.45) is 17.3 Å². The minimum atomic E-state index is -0.123. The van der Waals surface area contributed by atoms with Gasteiger partial charge in [0.05, 0.1) is 7.11 Å². The molecule has 0 bridgehead atoms. The number of benzene rings is 1. The predicted molar refractivity (Wildman–Crippen MR) is 108 cm³/mol. The van der Waals surface area contributed by atoms with Crippen molar-refractivity contribution in [3.8, 4) is 0 Å². The first kappa shape index (κ1) is 19.0. The molecule has 4 atom stereocenters. The van der Waals surface area contributed by atoms with Crippen LogP contribution in [0, 0.1) is 17.3 Å². The van der Waals surface area contributed by atoms with Crippen LogP contribution in [0.4, 0.5) is 0 Å². The van der Waals surface area contributed by atoms with Crippen LogP contribution >= 0.6 is 11.8 Å². The van der Waals surface area contributed by atoms with Gasteiger partial charge in [-0.2, -0.15) is 0 Å². The molecular weight excluding hydrogens is 356 g/mol. The number of methoxy groups -OCH3 is 1. The molecule has 1 aromatic carbocycles. The second-order valence-corrected chi connectivity index (χ2v) is 9.89. The van der Waals surface area contributed by atoms with E-state index in [2.05, 4.69) is 25.1 Å². The van der Waals surface area contributed by atoms with Gasteiger partial charge in [0.25, 0.3) is 0 Å². The van der Waals surface area contributed by atoms with Gasteiger partial charge in [-0.05, 0) is 85.3 Å². The first-order valence-electron chi connectivity index (χ1n) is 10.4. The number of rotatable bonds is 5. The van der Waals surface area contributed by atoms with E-state index in [-0.39, 0.29) is 11.4 Å². The summed E-state index contributed by atoms with van der Waals surface area (Å²) < 4.78 is 4.70. The summed E-state index contributed by atoms with van der Waals surface area (Å²) in [5.74, 6) is 3.29. The molecule has 2 fully saturated rings. The molecule has 146 valence electrons. The van der Waals surface area contributed by atoms with E-state index in [0.29, 0.717) is 30.0 Å². The summed E-state index contributed by atoms with van der Waals surface area (Å²) in [5.41, 5.74) is 3.03. The topological polar surface area (TPSA) is 43.4 Å². The van der Waals surface area contributed by atoms with E-state index >= 15 is 0 Å². The molecule has 0 spiro atoms. The molecule has 2 saturated carbocycles. The summed E-state index contributed by atoms with van der Waals surface area (Å²) >= 11 is 1.84. The summed E-state index contributed by atoms with van der Waals surface area (Å²) in [4.78, 5) is 25.0. The predicted octanol–water partition coefficient (Wildman–Crippen LogP) is 5.16. The molecular formula is C23H30O3S. The lowest BCUT2D eigenvalue weighted by atomic mass is 9.55. The van der Waals surface area contributed by atoms with Crippen LogP contribution in [0.5, 0.6) is 0 Å². The normalized spacial score (nSPS) is 31.8. The number of hydrogen-bond acceptors (Lipinski definition) is 4. The van der Waals surface area contributed by atoms with Crippen LogP contribution < -0.4 is 0 Å². The molecule has 3 aliphatic carbocycles. The Morgan fingerprint density at radius 2 is 2.11 bits per heavy atom. The first-order valence-corrected chi connectivity index (χ1v) is 11.4. The maximum atomic E-state index is 12.4. The van der Waals surface area contributed by atoms with E-state index in [1.165, 1.54) is 30.4 Å². The smallest absolute Gasteiger partial charge is 0.305 e. The first-order chi connectivity index (χ1) is 13.0. The third-order valence-corrected chi connectivity index (χ3v) is 8.51. The maximum absolute atomic E-state index is 12.4. The monoisotopic (exact) mass is 386 g/mol. The number of carbonyl (C=O) groups excluding carboxylic acids is 2. The molecule has 4 rings (SSSR count). The molecule has 0 radical (unpaired) electrons. The van der Waals surface area contributed by atoms with Gasteiger partial charge in [0.15, 0.2) is 0 Å². The zero-order valence-electron chi connectivity index (χ0n) is 16.5. The molecule has 27 heavy (non-hydrogen) atoms. The lowest BCUT2D eigenvalue weighted by Crippen LogP contribution is -2.42. The van der Waals surface area contributed by atoms with Crippen LogP contribution in [-0.2, 0) is 20.7 Å². The van der Waals surface area contributed by atoms with Crippen LogP contribution in [-0.4, -0.2) is 24.6 Å². The standard InChI is InChI=1S/C23H30O3S/c1-23-12-11-18-17-8-6-16(27-13-3-4-22(25)26-2)14-15(17)5-7-19(18)20(23)9-10-21(23)24/h6,8,14,18-20H,3-5,7,9-13H2,1-2H3/t18-,19-,20+,23+/m1/s1. The Morgan fingerprint density at radius 3 is 2.93 bits per heavy atom. The Bertz CT molecular complexity index is 743. The van der Waals surface area contributed by atoms with Gasteiger partial charge in [-0.3, -0.25) is 9.59 Å². The number of carbonyl (C=O) groups is 2. The molecule has 0 amide bonds. The van der Waals surface area contributed by atoms with Gasteiger partial charge in [0.1, 0.15) is 5.78 Å². The number of ketones is 1. The summed E-state index contributed by atoms with van der Waals surface area (Å²) in [6, 6.07) is 6.99. The zero-order valence-corrected chi connectivity index (χ0v) is 17.3. The quantitative estimate of drug-likeness (QED) is 0.398. The van der Waals surface area contributed by atoms with Gasteiger partial charge in [-0.15, -0.1) is 11.8 Å². The Labute approximate surface area is 166 Å². The number of ether oxygens (including phenoxy) is 1. The van der Waals surface area contributed by atoms with Crippen molar-refractivity contribution >= 4 is 23.5 Å². The third kappa shape index (κ3) is 3.46. The van der Waals surface area contributed by atoms with Crippen LogP contribution in [0.2, 0.25) is 0 Å². The molecule has 0 unspecified atom stereocenters. The van der Waals surface area contributed by atoms with Gasteiger partial charge >= 0.3 is 5.97 Å².